The highest BCUT2D eigenvalue weighted by Crippen LogP contribution is 2.40. The van der Waals surface area contributed by atoms with Crippen molar-refractivity contribution >= 4 is 40.8 Å². The lowest BCUT2D eigenvalue weighted by Crippen LogP contribution is -2.28. The Bertz CT molecular complexity index is 876. The van der Waals surface area contributed by atoms with Gasteiger partial charge in [0.2, 0.25) is 5.95 Å². The molecule has 0 bridgehead atoms. The van der Waals surface area contributed by atoms with Gasteiger partial charge in [0.25, 0.3) is 0 Å². The minimum Gasteiger partial charge on any atom is -0.348 e. The molecule has 1 N–H and O–H groups in total. The fourth-order valence-corrected chi connectivity index (χ4v) is 3.72. The summed E-state index contributed by atoms with van der Waals surface area (Å²) in [6.45, 7) is 0. The van der Waals surface area contributed by atoms with Gasteiger partial charge >= 0.3 is 0 Å². The van der Waals surface area contributed by atoms with E-state index in [1.54, 1.807) is 12.4 Å². The third-order valence-corrected chi connectivity index (χ3v) is 5.04. The van der Waals surface area contributed by atoms with Crippen LogP contribution in [0.15, 0.2) is 48.8 Å². The molecule has 1 aliphatic heterocycles. The monoisotopic (exact) mass is 378 g/mol. The Morgan fingerprint density at radius 2 is 1.75 bits per heavy atom. The molecule has 0 saturated carbocycles. The minimum atomic E-state index is -0.0193. The van der Waals surface area contributed by atoms with Crippen LogP contribution in [0.4, 0.5) is 5.95 Å². The summed E-state index contributed by atoms with van der Waals surface area (Å²) >= 11 is 18.5. The summed E-state index contributed by atoms with van der Waals surface area (Å²) in [5.41, 5.74) is 2.12. The van der Waals surface area contributed by atoms with Gasteiger partial charge in [-0.05, 0) is 41.8 Å². The second-order valence-corrected chi connectivity index (χ2v) is 6.97. The Hall–Kier alpha value is -1.75. The molecular formula is C17H13Cl3N4. The maximum absolute atomic E-state index is 6.43. The predicted octanol–water partition coefficient (Wildman–Crippen LogP) is 5.38. The number of fused-ring (bicyclic) bond motifs is 1. The molecule has 2 atom stereocenters. The van der Waals surface area contributed by atoms with Crippen molar-refractivity contribution in [3.8, 4) is 0 Å². The molecule has 0 amide bonds. The van der Waals surface area contributed by atoms with Crippen LogP contribution in [0.2, 0.25) is 15.1 Å². The largest absolute Gasteiger partial charge is 0.348 e. The van der Waals surface area contributed by atoms with Gasteiger partial charge in [0, 0.05) is 15.1 Å². The van der Waals surface area contributed by atoms with E-state index in [1.165, 1.54) is 0 Å². The van der Waals surface area contributed by atoms with Crippen LogP contribution in [0, 0.1) is 0 Å². The molecule has 122 valence electrons. The Labute approximate surface area is 154 Å². The molecule has 0 unspecified atom stereocenters. The van der Waals surface area contributed by atoms with Crippen LogP contribution in [-0.4, -0.2) is 14.8 Å². The molecule has 0 saturated heterocycles. The number of hydrogen-bond acceptors (Lipinski definition) is 3. The van der Waals surface area contributed by atoms with Gasteiger partial charge < -0.3 is 5.32 Å². The van der Waals surface area contributed by atoms with Crippen LogP contribution in [-0.2, 0) is 0 Å². The maximum Gasteiger partial charge on any atom is 0.222 e. The number of nitrogens with one attached hydrogen (secondary N) is 1. The lowest BCUT2D eigenvalue weighted by Gasteiger charge is -2.32. The number of rotatable bonds is 2. The predicted molar refractivity (Wildman–Crippen MR) is 97.1 cm³/mol. The first-order chi connectivity index (χ1) is 11.6. The fraction of sp³-hybridized carbons (Fsp3) is 0.176. The van der Waals surface area contributed by atoms with Crippen molar-refractivity contribution in [2.24, 2.45) is 0 Å². The molecule has 0 aliphatic carbocycles. The second kappa shape index (κ2) is 6.28. The van der Waals surface area contributed by atoms with E-state index in [-0.39, 0.29) is 12.1 Å². The van der Waals surface area contributed by atoms with Crippen molar-refractivity contribution in [3.63, 3.8) is 0 Å². The normalized spacial score (nSPS) is 19.6. The topological polar surface area (TPSA) is 42.7 Å². The smallest absolute Gasteiger partial charge is 0.222 e. The van der Waals surface area contributed by atoms with E-state index in [0.29, 0.717) is 10.0 Å². The van der Waals surface area contributed by atoms with E-state index in [9.17, 15) is 0 Å². The van der Waals surface area contributed by atoms with Crippen LogP contribution >= 0.6 is 34.8 Å². The third-order valence-electron chi connectivity index (χ3n) is 4.22. The molecule has 1 aliphatic rings. The lowest BCUT2D eigenvalue weighted by atomic mass is 9.93. The number of anilines is 1. The average Bonchev–Trinajstić information content (AvgIpc) is 3.03. The van der Waals surface area contributed by atoms with E-state index in [2.05, 4.69) is 15.4 Å². The fourth-order valence-electron chi connectivity index (χ4n) is 3.06. The van der Waals surface area contributed by atoms with Gasteiger partial charge in [0.1, 0.15) is 6.33 Å². The van der Waals surface area contributed by atoms with Gasteiger partial charge in [-0.25, -0.2) is 4.68 Å². The minimum absolute atomic E-state index is 0.0193. The molecule has 4 nitrogen and oxygen atoms in total. The van der Waals surface area contributed by atoms with Crippen LogP contribution in [0.25, 0.3) is 0 Å². The van der Waals surface area contributed by atoms with Crippen molar-refractivity contribution < 1.29 is 0 Å². The van der Waals surface area contributed by atoms with Crippen molar-refractivity contribution in [1.82, 2.24) is 14.8 Å². The third kappa shape index (κ3) is 2.86. The first-order valence-corrected chi connectivity index (χ1v) is 8.61. The van der Waals surface area contributed by atoms with Crippen molar-refractivity contribution in [3.05, 3.63) is 75.0 Å². The summed E-state index contributed by atoms with van der Waals surface area (Å²) in [6, 6.07) is 13.5. The first-order valence-electron chi connectivity index (χ1n) is 7.48. The maximum atomic E-state index is 6.43. The van der Waals surface area contributed by atoms with Crippen LogP contribution in [0.1, 0.15) is 29.6 Å². The van der Waals surface area contributed by atoms with E-state index in [0.717, 1.165) is 28.5 Å². The highest BCUT2D eigenvalue weighted by molar-refractivity contribution is 6.35. The molecule has 2 aromatic carbocycles. The number of aromatic nitrogens is 3. The van der Waals surface area contributed by atoms with E-state index < -0.39 is 0 Å². The van der Waals surface area contributed by atoms with E-state index in [1.807, 2.05) is 41.1 Å². The molecule has 0 radical (unpaired) electrons. The Morgan fingerprint density at radius 1 is 1.00 bits per heavy atom. The molecule has 4 rings (SSSR count). The van der Waals surface area contributed by atoms with Crippen LogP contribution in [0.3, 0.4) is 0 Å². The number of nitrogens with zero attached hydrogens (tertiary/aromatic N) is 3. The van der Waals surface area contributed by atoms with E-state index >= 15 is 0 Å². The average molecular weight is 380 g/mol. The summed E-state index contributed by atoms with van der Waals surface area (Å²) < 4.78 is 1.86. The first kappa shape index (κ1) is 15.8. The highest BCUT2D eigenvalue weighted by atomic mass is 35.5. The second-order valence-electron chi connectivity index (χ2n) is 5.69. The summed E-state index contributed by atoms with van der Waals surface area (Å²) in [7, 11) is 0. The molecule has 7 heteroatoms. The highest BCUT2D eigenvalue weighted by Gasteiger charge is 2.31. The molecule has 0 fully saturated rings. The summed E-state index contributed by atoms with van der Waals surface area (Å²) in [5.74, 6) is 0.720. The van der Waals surface area contributed by atoms with Gasteiger partial charge in [-0.3, -0.25) is 0 Å². The van der Waals surface area contributed by atoms with Gasteiger partial charge in [0.05, 0.1) is 12.1 Å². The number of benzene rings is 2. The zero-order chi connectivity index (χ0) is 16.7. The van der Waals surface area contributed by atoms with Gasteiger partial charge in [-0.1, -0.05) is 53.0 Å². The zero-order valence-electron chi connectivity index (χ0n) is 12.5. The molecule has 1 aromatic heterocycles. The van der Waals surface area contributed by atoms with Gasteiger partial charge in [0.15, 0.2) is 0 Å². The zero-order valence-corrected chi connectivity index (χ0v) is 14.7. The number of halogens is 3. The Morgan fingerprint density at radius 3 is 2.50 bits per heavy atom. The van der Waals surface area contributed by atoms with Crippen LogP contribution < -0.4 is 5.32 Å². The molecule has 24 heavy (non-hydrogen) atoms. The molecule has 0 spiro atoms. The summed E-state index contributed by atoms with van der Waals surface area (Å²) in [5, 5.41) is 9.74. The van der Waals surface area contributed by atoms with Crippen molar-refractivity contribution in [2.45, 2.75) is 18.5 Å². The van der Waals surface area contributed by atoms with Crippen molar-refractivity contribution in [1.29, 1.82) is 0 Å². The Balaban J connectivity index is 1.75. The van der Waals surface area contributed by atoms with Gasteiger partial charge in [-0.15, -0.1) is 0 Å². The molecule has 2 heterocycles. The summed E-state index contributed by atoms with van der Waals surface area (Å²) in [4.78, 5) is 4.32. The SMILES string of the molecule is Clc1ccc([C@H]2C[C@@H](c3ccc(Cl)cc3Cl)n3ncnc3N2)cc1. The summed E-state index contributed by atoms with van der Waals surface area (Å²) in [6.07, 6.45) is 2.34. The molecule has 3 aromatic rings. The van der Waals surface area contributed by atoms with Crippen molar-refractivity contribution in [2.75, 3.05) is 5.32 Å². The lowest BCUT2D eigenvalue weighted by molar-refractivity contribution is 0.431. The Kier molecular flexibility index (Phi) is 4.12. The standard InChI is InChI=1S/C17H13Cl3N4/c18-11-3-1-10(2-4-11)15-8-16(24-17(23-15)21-9-22-24)13-6-5-12(19)7-14(13)20/h1-7,9,15-16H,8H2,(H,21,22,23)/t15-,16+/m1/s1. The van der Waals surface area contributed by atoms with Crippen LogP contribution in [0.5, 0.6) is 0 Å². The number of hydrogen-bond donors (Lipinski definition) is 1. The van der Waals surface area contributed by atoms with Gasteiger partial charge in [-0.2, -0.15) is 10.1 Å². The quantitative estimate of drug-likeness (QED) is 0.649. The van der Waals surface area contributed by atoms with E-state index in [4.69, 9.17) is 34.8 Å². The molecular weight excluding hydrogens is 367 g/mol.